The van der Waals surface area contributed by atoms with E-state index in [4.69, 9.17) is 4.74 Å². The zero-order valence-corrected chi connectivity index (χ0v) is 13.8. The molecule has 2 aliphatic rings. The standard InChI is InChI=1S/C15H22N2O2S2/c18-15(13-2-9-21-11-13)17-3-1-8-20-12-14(17)10-16-4-6-19-7-5-16/h2,9,11,14H,1,3-8,10,12H2/t14-/m1/s1. The normalized spacial score (nSPS) is 24.8. The Labute approximate surface area is 134 Å². The predicted octanol–water partition coefficient (Wildman–Crippen LogP) is 2.03. The molecule has 0 N–H and O–H groups in total. The third-order valence-corrected chi connectivity index (χ3v) is 5.92. The molecule has 0 radical (unpaired) electrons. The fourth-order valence-corrected chi connectivity index (χ4v) is 4.57. The van der Waals surface area contributed by atoms with Crippen LogP contribution in [0.15, 0.2) is 16.8 Å². The van der Waals surface area contributed by atoms with E-state index in [0.717, 1.165) is 62.9 Å². The third-order valence-electron chi connectivity index (χ3n) is 4.04. The molecule has 0 aromatic carbocycles. The average Bonchev–Trinajstić information content (AvgIpc) is 2.96. The van der Waals surface area contributed by atoms with Gasteiger partial charge >= 0.3 is 0 Å². The van der Waals surface area contributed by atoms with Crippen molar-refractivity contribution in [2.45, 2.75) is 12.5 Å². The maximum atomic E-state index is 12.7. The van der Waals surface area contributed by atoms with Crippen molar-refractivity contribution in [2.24, 2.45) is 0 Å². The minimum absolute atomic E-state index is 0.206. The van der Waals surface area contributed by atoms with E-state index in [9.17, 15) is 4.79 Å². The number of hydrogen-bond donors (Lipinski definition) is 0. The summed E-state index contributed by atoms with van der Waals surface area (Å²) in [6, 6.07) is 2.26. The van der Waals surface area contributed by atoms with Gasteiger partial charge in [-0.2, -0.15) is 23.1 Å². The van der Waals surface area contributed by atoms with Gasteiger partial charge in [0.1, 0.15) is 0 Å². The summed E-state index contributed by atoms with van der Waals surface area (Å²) in [5.41, 5.74) is 0.846. The molecule has 6 heteroatoms. The van der Waals surface area contributed by atoms with E-state index in [1.54, 1.807) is 11.3 Å². The quantitative estimate of drug-likeness (QED) is 0.851. The molecular weight excluding hydrogens is 304 g/mol. The number of rotatable bonds is 3. The van der Waals surface area contributed by atoms with Gasteiger partial charge in [-0.3, -0.25) is 9.69 Å². The van der Waals surface area contributed by atoms with Crippen molar-refractivity contribution in [3.8, 4) is 0 Å². The van der Waals surface area contributed by atoms with Crippen LogP contribution in [0, 0.1) is 0 Å². The Morgan fingerprint density at radius 2 is 2.19 bits per heavy atom. The molecule has 0 saturated carbocycles. The van der Waals surface area contributed by atoms with Crippen molar-refractivity contribution < 1.29 is 9.53 Å². The largest absolute Gasteiger partial charge is 0.379 e. The summed E-state index contributed by atoms with van der Waals surface area (Å²) >= 11 is 3.58. The molecule has 0 aliphatic carbocycles. The topological polar surface area (TPSA) is 32.8 Å². The van der Waals surface area contributed by atoms with Crippen molar-refractivity contribution in [3.05, 3.63) is 22.4 Å². The first-order valence-electron chi connectivity index (χ1n) is 7.55. The predicted molar refractivity (Wildman–Crippen MR) is 88.3 cm³/mol. The summed E-state index contributed by atoms with van der Waals surface area (Å²) in [5, 5.41) is 3.95. The molecule has 2 fully saturated rings. The zero-order chi connectivity index (χ0) is 14.5. The molecule has 0 spiro atoms. The lowest BCUT2D eigenvalue weighted by Crippen LogP contribution is -2.50. The van der Waals surface area contributed by atoms with Gasteiger partial charge in [-0.1, -0.05) is 0 Å². The van der Waals surface area contributed by atoms with Crippen molar-refractivity contribution in [2.75, 3.05) is 50.9 Å². The van der Waals surface area contributed by atoms with Gasteiger partial charge in [-0.05, 0) is 23.6 Å². The third kappa shape index (κ3) is 4.00. The molecule has 1 aromatic rings. The van der Waals surface area contributed by atoms with Gasteiger partial charge in [0.2, 0.25) is 0 Å². The molecule has 1 atom stereocenters. The molecule has 3 rings (SSSR count). The Balaban J connectivity index is 1.69. The summed E-state index contributed by atoms with van der Waals surface area (Å²) in [6.07, 6.45) is 1.10. The fourth-order valence-electron chi connectivity index (χ4n) is 2.88. The van der Waals surface area contributed by atoms with E-state index in [2.05, 4.69) is 9.80 Å². The highest BCUT2D eigenvalue weighted by molar-refractivity contribution is 7.99. The Morgan fingerprint density at radius 1 is 1.33 bits per heavy atom. The van der Waals surface area contributed by atoms with Crippen LogP contribution < -0.4 is 0 Å². The minimum atomic E-state index is 0.206. The van der Waals surface area contributed by atoms with Gasteiger partial charge in [0.05, 0.1) is 24.8 Å². The number of thioether (sulfide) groups is 1. The summed E-state index contributed by atoms with van der Waals surface area (Å²) in [5.74, 6) is 2.41. The first-order valence-corrected chi connectivity index (χ1v) is 9.65. The number of nitrogens with zero attached hydrogens (tertiary/aromatic N) is 2. The summed E-state index contributed by atoms with van der Waals surface area (Å²) in [4.78, 5) is 17.3. The van der Waals surface area contributed by atoms with E-state index >= 15 is 0 Å². The van der Waals surface area contributed by atoms with E-state index in [0.29, 0.717) is 6.04 Å². The van der Waals surface area contributed by atoms with Crippen LogP contribution in [0.25, 0.3) is 0 Å². The van der Waals surface area contributed by atoms with Gasteiger partial charge in [0.25, 0.3) is 5.91 Å². The zero-order valence-electron chi connectivity index (χ0n) is 12.2. The number of hydrogen-bond acceptors (Lipinski definition) is 5. The van der Waals surface area contributed by atoms with E-state index in [-0.39, 0.29) is 5.91 Å². The molecular formula is C15H22N2O2S2. The molecule has 1 aromatic heterocycles. The lowest BCUT2D eigenvalue weighted by Gasteiger charge is -2.35. The Hall–Kier alpha value is -0.560. The van der Waals surface area contributed by atoms with E-state index in [1.807, 2.05) is 28.6 Å². The minimum Gasteiger partial charge on any atom is -0.379 e. The van der Waals surface area contributed by atoms with Crippen LogP contribution >= 0.6 is 23.1 Å². The van der Waals surface area contributed by atoms with Crippen LogP contribution in [0.2, 0.25) is 0 Å². The Kier molecular flexibility index (Phi) is 5.57. The van der Waals surface area contributed by atoms with Gasteiger partial charge in [0, 0.05) is 37.3 Å². The number of ether oxygens (including phenoxy) is 1. The van der Waals surface area contributed by atoms with Gasteiger partial charge in [-0.25, -0.2) is 0 Å². The maximum Gasteiger partial charge on any atom is 0.255 e. The highest BCUT2D eigenvalue weighted by atomic mass is 32.2. The lowest BCUT2D eigenvalue weighted by molar-refractivity contribution is 0.0245. The van der Waals surface area contributed by atoms with Crippen LogP contribution in [0.1, 0.15) is 16.8 Å². The van der Waals surface area contributed by atoms with E-state index < -0.39 is 0 Å². The van der Waals surface area contributed by atoms with Crippen LogP contribution in [-0.2, 0) is 4.74 Å². The average molecular weight is 326 g/mol. The Bertz CT molecular complexity index is 447. The first-order chi connectivity index (χ1) is 10.3. The molecule has 21 heavy (non-hydrogen) atoms. The van der Waals surface area contributed by atoms with Gasteiger partial charge < -0.3 is 9.64 Å². The molecule has 116 valence electrons. The maximum absolute atomic E-state index is 12.7. The number of carbonyl (C=O) groups excluding carboxylic acids is 1. The van der Waals surface area contributed by atoms with Crippen LogP contribution in [0.3, 0.4) is 0 Å². The Morgan fingerprint density at radius 3 is 2.95 bits per heavy atom. The molecule has 3 heterocycles. The van der Waals surface area contributed by atoms with Crippen molar-refractivity contribution in [1.82, 2.24) is 9.80 Å². The van der Waals surface area contributed by atoms with Crippen molar-refractivity contribution in [3.63, 3.8) is 0 Å². The number of amides is 1. The van der Waals surface area contributed by atoms with Crippen molar-refractivity contribution >= 4 is 29.0 Å². The first kappa shape index (κ1) is 15.3. The number of thiophene rings is 1. The second-order valence-corrected chi connectivity index (χ2v) is 7.44. The highest BCUT2D eigenvalue weighted by Gasteiger charge is 2.28. The molecule has 1 amide bonds. The summed E-state index contributed by atoms with van der Waals surface area (Å²) in [6.45, 7) is 5.48. The van der Waals surface area contributed by atoms with Crippen LogP contribution in [0.4, 0.5) is 0 Å². The summed E-state index contributed by atoms with van der Waals surface area (Å²) < 4.78 is 5.42. The summed E-state index contributed by atoms with van der Waals surface area (Å²) in [7, 11) is 0. The lowest BCUT2D eigenvalue weighted by atomic mass is 10.2. The highest BCUT2D eigenvalue weighted by Crippen LogP contribution is 2.21. The molecule has 4 nitrogen and oxygen atoms in total. The molecule has 2 aliphatic heterocycles. The monoisotopic (exact) mass is 326 g/mol. The SMILES string of the molecule is O=C(c1ccsc1)N1CCCSC[C@H]1CN1CCOCC1. The molecule has 2 saturated heterocycles. The van der Waals surface area contributed by atoms with Crippen LogP contribution in [0.5, 0.6) is 0 Å². The number of carbonyl (C=O) groups is 1. The van der Waals surface area contributed by atoms with E-state index in [1.165, 1.54) is 0 Å². The fraction of sp³-hybridized carbons (Fsp3) is 0.667. The molecule has 0 unspecified atom stereocenters. The molecule has 0 bridgehead atoms. The second kappa shape index (κ2) is 7.63. The smallest absolute Gasteiger partial charge is 0.255 e. The number of morpholine rings is 1. The van der Waals surface area contributed by atoms with Crippen molar-refractivity contribution in [1.29, 1.82) is 0 Å². The van der Waals surface area contributed by atoms with Crippen LogP contribution in [-0.4, -0.2) is 72.6 Å². The van der Waals surface area contributed by atoms with Gasteiger partial charge in [-0.15, -0.1) is 0 Å². The van der Waals surface area contributed by atoms with Gasteiger partial charge in [0.15, 0.2) is 0 Å². The second-order valence-electron chi connectivity index (χ2n) is 5.51.